The van der Waals surface area contributed by atoms with Crippen LogP contribution in [0.5, 0.6) is 0 Å². The number of carbonyl (C=O) groups excluding carboxylic acids is 2. The second-order valence-electron chi connectivity index (χ2n) is 7.80. The highest BCUT2D eigenvalue weighted by Gasteiger charge is 2.30. The third kappa shape index (κ3) is 6.14. The van der Waals surface area contributed by atoms with Crippen LogP contribution < -0.4 is 5.32 Å². The third-order valence-corrected chi connectivity index (χ3v) is 5.10. The van der Waals surface area contributed by atoms with E-state index in [9.17, 15) is 14.7 Å². The minimum Gasteiger partial charge on any atom is -0.393 e. The molecule has 166 valence electrons. The predicted octanol–water partition coefficient (Wildman–Crippen LogP) is 1.76. The molecule has 0 radical (unpaired) electrons. The van der Waals surface area contributed by atoms with Crippen molar-refractivity contribution in [1.29, 1.82) is 0 Å². The molecule has 2 heterocycles. The van der Waals surface area contributed by atoms with Crippen molar-refractivity contribution in [3.8, 4) is 0 Å². The van der Waals surface area contributed by atoms with E-state index in [4.69, 9.17) is 9.36 Å². The average molecular weight is 428 g/mol. The molecular weight excluding hydrogens is 400 g/mol. The Morgan fingerprint density at radius 2 is 2.06 bits per heavy atom. The fourth-order valence-corrected chi connectivity index (χ4v) is 3.40. The van der Waals surface area contributed by atoms with Gasteiger partial charge in [-0.1, -0.05) is 40.6 Å². The summed E-state index contributed by atoms with van der Waals surface area (Å²) in [4.78, 5) is 32.3. The molecule has 3 atom stereocenters. The third-order valence-electron chi connectivity index (χ3n) is 5.10. The highest BCUT2D eigenvalue weighted by molar-refractivity contribution is 5.93. The zero-order chi connectivity index (χ0) is 22.4. The Morgan fingerprint density at radius 1 is 1.32 bits per heavy atom. The standard InChI is InChI=1S/C22H28N4O5/c1-14-9-18(30-24-14)12-21(28)26(3)19(10-15(2)27)22(29)23-13-17-11-20(31-25-17)16-7-5-4-6-8-16/h4-9,15,19-20,27H,10-13H2,1-3H3,(H,23,29)/t15-,19-,20?/m0/s1. The largest absolute Gasteiger partial charge is 0.393 e. The van der Waals surface area contributed by atoms with Crippen LogP contribution in [-0.2, 0) is 20.8 Å². The molecule has 1 aliphatic rings. The molecule has 0 saturated carbocycles. The quantitative estimate of drug-likeness (QED) is 0.628. The van der Waals surface area contributed by atoms with Crippen molar-refractivity contribution in [2.75, 3.05) is 13.6 Å². The molecule has 3 rings (SSSR count). The summed E-state index contributed by atoms with van der Waals surface area (Å²) in [5.74, 6) is -0.242. The number of aliphatic hydroxyl groups excluding tert-OH is 1. The van der Waals surface area contributed by atoms with Crippen LogP contribution in [0.25, 0.3) is 0 Å². The molecule has 0 spiro atoms. The molecule has 9 nitrogen and oxygen atoms in total. The van der Waals surface area contributed by atoms with Crippen LogP contribution in [0, 0.1) is 6.92 Å². The minimum atomic E-state index is -0.829. The van der Waals surface area contributed by atoms with Gasteiger partial charge in [-0.05, 0) is 19.4 Å². The van der Waals surface area contributed by atoms with Gasteiger partial charge in [-0.2, -0.15) is 0 Å². The summed E-state index contributed by atoms with van der Waals surface area (Å²) in [6.45, 7) is 3.56. The molecule has 1 unspecified atom stereocenters. The lowest BCUT2D eigenvalue weighted by Crippen LogP contribution is -2.50. The number of rotatable bonds is 9. The van der Waals surface area contributed by atoms with Gasteiger partial charge in [0.25, 0.3) is 0 Å². The van der Waals surface area contributed by atoms with E-state index in [1.807, 2.05) is 30.3 Å². The van der Waals surface area contributed by atoms with Crippen molar-refractivity contribution < 1.29 is 24.1 Å². The van der Waals surface area contributed by atoms with Crippen molar-refractivity contribution >= 4 is 17.5 Å². The summed E-state index contributed by atoms with van der Waals surface area (Å²) in [7, 11) is 1.54. The van der Waals surface area contributed by atoms with E-state index in [1.165, 1.54) is 4.90 Å². The fraction of sp³-hybridized carbons (Fsp3) is 0.455. The van der Waals surface area contributed by atoms with Gasteiger partial charge in [-0.15, -0.1) is 0 Å². The lowest BCUT2D eigenvalue weighted by Gasteiger charge is -2.28. The van der Waals surface area contributed by atoms with E-state index in [0.29, 0.717) is 23.6 Å². The number of nitrogens with one attached hydrogen (secondary N) is 1. The normalized spacial score (nSPS) is 17.4. The number of carbonyl (C=O) groups is 2. The molecule has 2 N–H and O–H groups in total. The number of hydrogen-bond acceptors (Lipinski definition) is 7. The van der Waals surface area contributed by atoms with E-state index >= 15 is 0 Å². The molecular formula is C22H28N4O5. The number of nitrogens with zero attached hydrogens (tertiary/aromatic N) is 3. The molecule has 0 aliphatic carbocycles. The van der Waals surface area contributed by atoms with Gasteiger partial charge in [-0.25, -0.2) is 0 Å². The summed E-state index contributed by atoms with van der Waals surface area (Å²) in [6.07, 6.45) is -0.256. The molecule has 0 saturated heterocycles. The molecule has 0 bridgehead atoms. The van der Waals surface area contributed by atoms with Crippen molar-refractivity contribution in [3.05, 3.63) is 53.4 Å². The maximum atomic E-state index is 12.8. The summed E-state index contributed by atoms with van der Waals surface area (Å²) in [5.41, 5.74) is 2.41. The highest BCUT2D eigenvalue weighted by Crippen LogP contribution is 2.26. The Balaban J connectivity index is 1.56. The van der Waals surface area contributed by atoms with Gasteiger partial charge < -0.3 is 24.7 Å². The van der Waals surface area contributed by atoms with Crippen molar-refractivity contribution in [2.45, 2.75) is 51.4 Å². The first kappa shape index (κ1) is 22.5. The number of aromatic nitrogens is 1. The molecule has 1 aliphatic heterocycles. The number of oxime groups is 1. The predicted molar refractivity (Wildman–Crippen MR) is 113 cm³/mol. The van der Waals surface area contributed by atoms with Crippen LogP contribution in [-0.4, -0.2) is 58.4 Å². The molecule has 31 heavy (non-hydrogen) atoms. The zero-order valence-corrected chi connectivity index (χ0v) is 17.9. The molecule has 0 fully saturated rings. The summed E-state index contributed by atoms with van der Waals surface area (Å²) >= 11 is 0. The molecule has 9 heteroatoms. The smallest absolute Gasteiger partial charge is 0.243 e. The molecule has 2 amide bonds. The average Bonchev–Trinajstić information content (AvgIpc) is 3.39. The summed E-state index contributed by atoms with van der Waals surface area (Å²) in [6, 6.07) is 10.6. The van der Waals surface area contributed by atoms with Crippen molar-refractivity contribution in [2.24, 2.45) is 5.16 Å². The van der Waals surface area contributed by atoms with Crippen LogP contribution in [0.3, 0.4) is 0 Å². The highest BCUT2D eigenvalue weighted by atomic mass is 16.6. The Kier molecular flexibility index (Phi) is 7.41. The first-order valence-electron chi connectivity index (χ1n) is 10.2. The summed E-state index contributed by atoms with van der Waals surface area (Å²) < 4.78 is 5.09. The van der Waals surface area contributed by atoms with E-state index in [0.717, 1.165) is 5.56 Å². The monoisotopic (exact) mass is 428 g/mol. The van der Waals surface area contributed by atoms with Gasteiger partial charge in [0.2, 0.25) is 11.8 Å². The number of aliphatic hydroxyl groups is 1. The molecule has 2 aromatic rings. The lowest BCUT2D eigenvalue weighted by molar-refractivity contribution is -0.139. The fourth-order valence-electron chi connectivity index (χ4n) is 3.40. The molecule has 1 aromatic heterocycles. The Bertz CT molecular complexity index is 925. The number of benzene rings is 1. The van der Waals surface area contributed by atoms with E-state index in [-0.39, 0.29) is 37.3 Å². The number of hydrogen-bond donors (Lipinski definition) is 2. The number of amides is 2. The van der Waals surface area contributed by atoms with Gasteiger partial charge in [0.05, 0.1) is 30.5 Å². The second-order valence-corrected chi connectivity index (χ2v) is 7.80. The second kappa shape index (κ2) is 10.2. The minimum absolute atomic E-state index is 0.0137. The van der Waals surface area contributed by atoms with Gasteiger partial charge in [0, 0.05) is 26.0 Å². The zero-order valence-electron chi connectivity index (χ0n) is 17.9. The Labute approximate surface area is 181 Å². The van der Waals surface area contributed by atoms with Crippen LogP contribution in [0.2, 0.25) is 0 Å². The first-order chi connectivity index (χ1) is 14.8. The Hall–Kier alpha value is -3.20. The maximum absolute atomic E-state index is 12.8. The van der Waals surface area contributed by atoms with Crippen LogP contribution >= 0.6 is 0 Å². The Morgan fingerprint density at radius 3 is 2.71 bits per heavy atom. The van der Waals surface area contributed by atoms with Crippen LogP contribution in [0.15, 0.2) is 46.1 Å². The number of likely N-dealkylation sites (N-methyl/N-ethyl adjacent to an activating group) is 1. The number of aryl methyl sites for hydroxylation is 1. The van der Waals surface area contributed by atoms with Gasteiger partial charge >= 0.3 is 0 Å². The van der Waals surface area contributed by atoms with Crippen LogP contribution in [0.4, 0.5) is 0 Å². The van der Waals surface area contributed by atoms with Gasteiger partial charge in [0.1, 0.15) is 11.8 Å². The van der Waals surface area contributed by atoms with Gasteiger partial charge in [0.15, 0.2) is 6.10 Å². The molecule has 1 aromatic carbocycles. The SMILES string of the molecule is Cc1cc(CC(=O)N(C)[C@@H](C[C@H](C)O)C(=O)NCC2=NOC(c3ccccc3)C2)on1. The van der Waals surface area contributed by atoms with Gasteiger partial charge in [-0.3, -0.25) is 9.59 Å². The first-order valence-corrected chi connectivity index (χ1v) is 10.2. The van der Waals surface area contributed by atoms with E-state index in [2.05, 4.69) is 15.6 Å². The van der Waals surface area contributed by atoms with Crippen LogP contribution in [0.1, 0.15) is 42.9 Å². The topological polar surface area (TPSA) is 117 Å². The van der Waals surface area contributed by atoms with E-state index in [1.54, 1.807) is 27.0 Å². The van der Waals surface area contributed by atoms with Crippen molar-refractivity contribution in [3.63, 3.8) is 0 Å². The van der Waals surface area contributed by atoms with E-state index < -0.39 is 12.1 Å². The lowest BCUT2D eigenvalue weighted by atomic mass is 10.0. The summed E-state index contributed by atoms with van der Waals surface area (Å²) in [5, 5.41) is 20.5. The maximum Gasteiger partial charge on any atom is 0.243 e. The van der Waals surface area contributed by atoms with Crippen molar-refractivity contribution in [1.82, 2.24) is 15.4 Å².